The molecule has 0 atom stereocenters. The summed E-state index contributed by atoms with van der Waals surface area (Å²) in [7, 11) is 0. The van der Waals surface area contributed by atoms with Gasteiger partial charge in [-0.25, -0.2) is 4.39 Å². The number of nitrogens with one attached hydrogen (secondary N) is 1. The number of nitrogens with zero attached hydrogens (tertiary/aromatic N) is 2. The quantitative estimate of drug-likeness (QED) is 0.438. The molecule has 0 aliphatic carbocycles. The molecule has 1 amide bonds. The van der Waals surface area contributed by atoms with Crippen molar-refractivity contribution in [3.8, 4) is 17.1 Å². The van der Waals surface area contributed by atoms with Gasteiger partial charge in [-0.2, -0.15) is 4.98 Å². The van der Waals surface area contributed by atoms with Crippen molar-refractivity contribution in [1.82, 2.24) is 15.5 Å². The van der Waals surface area contributed by atoms with Crippen molar-refractivity contribution in [3.63, 3.8) is 0 Å². The molecule has 0 spiro atoms. The number of hydrogen-bond acceptors (Lipinski definition) is 5. The van der Waals surface area contributed by atoms with Gasteiger partial charge in [0, 0.05) is 12.1 Å². The van der Waals surface area contributed by atoms with Crippen LogP contribution < -0.4 is 10.1 Å². The molecule has 0 fully saturated rings. The van der Waals surface area contributed by atoms with E-state index in [0.717, 1.165) is 5.56 Å². The highest BCUT2D eigenvalue weighted by Crippen LogP contribution is 2.21. The van der Waals surface area contributed by atoms with Crippen molar-refractivity contribution in [2.75, 3.05) is 0 Å². The molecule has 0 aliphatic rings. The summed E-state index contributed by atoms with van der Waals surface area (Å²) in [5.74, 6) is 0.272. The van der Waals surface area contributed by atoms with Gasteiger partial charge in [0.05, 0.1) is 10.6 Å². The molecule has 4 aromatic rings. The normalized spacial score (nSPS) is 10.6. The molecule has 6 nitrogen and oxygen atoms in total. The smallest absolute Gasteiger partial charge is 0.264 e. The highest BCUT2D eigenvalue weighted by atomic mass is 35.5. The van der Waals surface area contributed by atoms with E-state index in [-0.39, 0.29) is 30.0 Å². The van der Waals surface area contributed by atoms with Crippen LogP contribution in [-0.4, -0.2) is 16.0 Å². The van der Waals surface area contributed by atoms with Crippen LogP contribution in [0.5, 0.6) is 5.75 Å². The van der Waals surface area contributed by atoms with Gasteiger partial charge in [0.25, 0.3) is 11.8 Å². The van der Waals surface area contributed by atoms with Gasteiger partial charge in [0.2, 0.25) is 5.82 Å². The fraction of sp³-hybridized carbons (Fsp3) is 0.0870. The summed E-state index contributed by atoms with van der Waals surface area (Å²) in [6.45, 7) is 0.203. The van der Waals surface area contributed by atoms with Crippen LogP contribution in [-0.2, 0) is 13.2 Å². The number of ether oxygens (including phenoxy) is 1. The van der Waals surface area contributed by atoms with Crippen molar-refractivity contribution < 1.29 is 18.4 Å². The molecule has 1 aromatic heterocycles. The Morgan fingerprint density at radius 1 is 1.06 bits per heavy atom. The van der Waals surface area contributed by atoms with E-state index in [9.17, 15) is 9.18 Å². The number of carbonyl (C=O) groups is 1. The summed E-state index contributed by atoms with van der Waals surface area (Å²) in [5.41, 5.74) is 1.86. The van der Waals surface area contributed by atoms with Crippen LogP contribution in [0.15, 0.2) is 77.3 Å². The van der Waals surface area contributed by atoms with Crippen molar-refractivity contribution >= 4 is 17.5 Å². The van der Waals surface area contributed by atoms with E-state index >= 15 is 0 Å². The Kier molecular flexibility index (Phi) is 6.24. The Morgan fingerprint density at radius 2 is 1.84 bits per heavy atom. The van der Waals surface area contributed by atoms with Gasteiger partial charge in [-0.3, -0.25) is 4.79 Å². The Hall–Kier alpha value is -3.71. The molecule has 0 saturated carbocycles. The number of rotatable bonds is 7. The topological polar surface area (TPSA) is 77.2 Å². The van der Waals surface area contributed by atoms with Gasteiger partial charge in [-0.05, 0) is 29.8 Å². The Morgan fingerprint density at radius 3 is 2.65 bits per heavy atom. The second kappa shape index (κ2) is 9.40. The lowest BCUT2D eigenvalue weighted by Crippen LogP contribution is -2.23. The van der Waals surface area contributed by atoms with Crippen LogP contribution >= 0.6 is 11.6 Å². The third-order valence-electron chi connectivity index (χ3n) is 4.42. The molecule has 4 rings (SSSR count). The minimum atomic E-state index is -0.507. The molecular formula is C23H17ClFN3O3. The number of aromatic nitrogens is 2. The SMILES string of the molecule is O=C(NCc1ccc(F)c(Cl)c1)c1ccccc1OCc1nc(-c2ccccc2)no1. The van der Waals surface area contributed by atoms with Crippen molar-refractivity contribution in [2.24, 2.45) is 0 Å². The summed E-state index contributed by atoms with van der Waals surface area (Å²) >= 11 is 5.78. The summed E-state index contributed by atoms with van der Waals surface area (Å²) in [4.78, 5) is 17.0. The van der Waals surface area contributed by atoms with Crippen molar-refractivity contribution in [3.05, 3.63) is 101 Å². The van der Waals surface area contributed by atoms with Crippen LogP contribution in [0, 0.1) is 5.82 Å². The van der Waals surface area contributed by atoms with E-state index in [1.54, 1.807) is 30.3 Å². The lowest BCUT2D eigenvalue weighted by Gasteiger charge is -2.11. The first-order valence-electron chi connectivity index (χ1n) is 9.42. The van der Waals surface area contributed by atoms with E-state index in [0.29, 0.717) is 22.7 Å². The maximum atomic E-state index is 13.3. The molecule has 156 valence electrons. The predicted octanol–water partition coefficient (Wildman–Crippen LogP) is 5.04. The number of amides is 1. The fourth-order valence-electron chi connectivity index (χ4n) is 2.86. The van der Waals surface area contributed by atoms with Crippen molar-refractivity contribution in [2.45, 2.75) is 13.2 Å². The largest absolute Gasteiger partial charge is 0.483 e. The summed E-state index contributed by atoms with van der Waals surface area (Å²) in [6, 6.07) is 20.5. The lowest BCUT2D eigenvalue weighted by molar-refractivity contribution is 0.0945. The number of carbonyl (C=O) groups excluding carboxylic acids is 1. The highest BCUT2D eigenvalue weighted by Gasteiger charge is 2.14. The van der Waals surface area contributed by atoms with Gasteiger partial charge in [-0.1, -0.05) is 65.3 Å². The van der Waals surface area contributed by atoms with Crippen LogP contribution in [0.4, 0.5) is 4.39 Å². The zero-order valence-electron chi connectivity index (χ0n) is 16.2. The molecule has 0 aliphatic heterocycles. The molecule has 1 N–H and O–H groups in total. The number of para-hydroxylation sites is 1. The van der Waals surface area contributed by atoms with Gasteiger partial charge >= 0.3 is 0 Å². The van der Waals surface area contributed by atoms with Gasteiger partial charge in [-0.15, -0.1) is 0 Å². The third-order valence-corrected chi connectivity index (χ3v) is 4.71. The second-order valence-electron chi connectivity index (χ2n) is 6.59. The Labute approximate surface area is 182 Å². The van der Waals surface area contributed by atoms with Gasteiger partial charge in [0.1, 0.15) is 11.6 Å². The van der Waals surface area contributed by atoms with Gasteiger partial charge < -0.3 is 14.6 Å². The zero-order chi connectivity index (χ0) is 21.6. The first kappa shape index (κ1) is 20.6. The average molecular weight is 438 g/mol. The molecule has 31 heavy (non-hydrogen) atoms. The molecule has 0 radical (unpaired) electrons. The third kappa shape index (κ3) is 5.07. The Bertz CT molecular complexity index is 1200. The van der Waals surface area contributed by atoms with E-state index in [1.807, 2.05) is 30.3 Å². The van der Waals surface area contributed by atoms with Crippen molar-refractivity contribution in [1.29, 1.82) is 0 Å². The summed E-state index contributed by atoms with van der Waals surface area (Å²) in [5, 5.41) is 6.73. The molecule has 8 heteroatoms. The lowest BCUT2D eigenvalue weighted by atomic mass is 10.1. The molecule has 1 heterocycles. The molecule has 3 aromatic carbocycles. The minimum Gasteiger partial charge on any atom is -0.483 e. The van der Waals surface area contributed by atoms with Crippen LogP contribution in [0.3, 0.4) is 0 Å². The van der Waals surface area contributed by atoms with E-state index in [1.165, 1.54) is 12.1 Å². The molecule has 0 saturated heterocycles. The fourth-order valence-corrected chi connectivity index (χ4v) is 3.07. The average Bonchev–Trinajstić information content (AvgIpc) is 3.28. The Balaban J connectivity index is 1.40. The van der Waals surface area contributed by atoms with Crippen LogP contribution in [0.2, 0.25) is 5.02 Å². The maximum absolute atomic E-state index is 13.3. The van der Waals surface area contributed by atoms with E-state index < -0.39 is 5.82 Å². The molecule has 0 unspecified atom stereocenters. The molecule has 0 bridgehead atoms. The second-order valence-corrected chi connectivity index (χ2v) is 7.00. The molecular weight excluding hydrogens is 421 g/mol. The van der Waals surface area contributed by atoms with Crippen LogP contribution in [0.25, 0.3) is 11.4 Å². The summed E-state index contributed by atoms with van der Waals surface area (Å²) in [6.07, 6.45) is 0. The van der Waals surface area contributed by atoms with Crippen LogP contribution in [0.1, 0.15) is 21.8 Å². The first-order valence-corrected chi connectivity index (χ1v) is 9.80. The number of benzene rings is 3. The van der Waals surface area contributed by atoms with E-state index in [4.69, 9.17) is 20.9 Å². The standard InChI is InChI=1S/C23H17ClFN3O3/c24-18-12-15(10-11-19(18)25)13-26-23(29)17-8-4-5-9-20(17)30-14-21-27-22(28-31-21)16-6-2-1-3-7-16/h1-12H,13-14H2,(H,26,29). The highest BCUT2D eigenvalue weighted by molar-refractivity contribution is 6.30. The maximum Gasteiger partial charge on any atom is 0.264 e. The zero-order valence-corrected chi connectivity index (χ0v) is 17.0. The van der Waals surface area contributed by atoms with E-state index in [2.05, 4.69) is 15.5 Å². The predicted molar refractivity (Wildman–Crippen MR) is 113 cm³/mol. The summed E-state index contributed by atoms with van der Waals surface area (Å²) < 4.78 is 24.3. The first-order chi connectivity index (χ1) is 15.1. The number of halogens is 2. The monoisotopic (exact) mass is 437 g/mol. The number of hydrogen-bond donors (Lipinski definition) is 1. The minimum absolute atomic E-state index is 0.00455. The van der Waals surface area contributed by atoms with Gasteiger partial charge in [0.15, 0.2) is 6.61 Å².